The van der Waals surface area contributed by atoms with Crippen molar-refractivity contribution < 1.29 is 4.39 Å². The second-order valence-electron chi connectivity index (χ2n) is 21.1. The molecule has 3 fully saturated rings. The molecule has 23 heteroatoms. The lowest BCUT2D eigenvalue weighted by atomic mass is 10.1. The third-order valence-electron chi connectivity index (χ3n) is 15.4. The van der Waals surface area contributed by atoms with Gasteiger partial charge in [0.15, 0.2) is 16.9 Å². The molecule has 0 N–H and O–H groups in total. The molecule has 1 atom stereocenters. The van der Waals surface area contributed by atoms with E-state index in [0.717, 1.165) is 154 Å². The average Bonchev–Trinajstić information content (AvgIpc) is 3.89. The molecule has 13 rings (SSSR count). The van der Waals surface area contributed by atoms with Crippen LogP contribution in [-0.4, -0.2) is 190 Å². The summed E-state index contributed by atoms with van der Waals surface area (Å²) in [6, 6.07) is 39.8. The number of alkyl halides is 1. The fourth-order valence-corrected chi connectivity index (χ4v) is 13.3. The normalized spacial score (nSPS) is 16.6. The summed E-state index contributed by atoms with van der Waals surface area (Å²) in [7, 11) is 4.34. The summed E-state index contributed by atoms with van der Waals surface area (Å²) >= 11 is 24.6. The highest BCUT2D eigenvalue weighted by molar-refractivity contribution is 14.1. The van der Waals surface area contributed by atoms with Gasteiger partial charge in [0, 0.05) is 102 Å². The van der Waals surface area contributed by atoms with Crippen molar-refractivity contribution in [2.75, 3.05) is 99.2 Å². The third-order valence-corrected chi connectivity index (χ3v) is 18.0. The van der Waals surface area contributed by atoms with E-state index >= 15 is 0 Å². The molecule has 84 heavy (non-hydrogen) atoms. The molecule has 3 aliphatic heterocycles. The molecule has 6 aromatic heterocycles. The Bertz CT molecular complexity index is 3840. The van der Waals surface area contributed by atoms with Crippen LogP contribution in [0.3, 0.4) is 0 Å². The Morgan fingerprint density at radius 3 is 1.21 bits per heavy atom. The van der Waals surface area contributed by atoms with Crippen LogP contribution in [-0.2, 0) is 19.6 Å². The van der Waals surface area contributed by atoms with E-state index in [4.69, 9.17) is 39.9 Å². The highest BCUT2D eigenvalue weighted by Crippen LogP contribution is 2.37. The Kier molecular flexibility index (Phi) is 20.2. The molecule has 0 spiro atoms. The minimum absolute atomic E-state index is 0.501. The van der Waals surface area contributed by atoms with E-state index in [0.29, 0.717) is 57.3 Å². The largest absolute Gasteiger partial charge is 0.304 e. The fourth-order valence-electron chi connectivity index (χ4n) is 10.5. The number of likely N-dealkylation sites (tertiary alicyclic amines) is 1. The minimum Gasteiger partial charge on any atom is -0.304 e. The number of rotatable bonds is 14. The molecule has 0 unspecified atom stereocenters. The molecule has 3 aliphatic rings. The number of nitrogens with zero attached hydrogens (tertiary/aromatic N) is 17. The first-order chi connectivity index (χ1) is 40.9. The van der Waals surface area contributed by atoms with Crippen molar-refractivity contribution in [3.8, 4) is 33.8 Å². The zero-order valence-corrected chi connectivity index (χ0v) is 53.3. The number of piperazine rings is 2. The summed E-state index contributed by atoms with van der Waals surface area (Å²) in [5.74, 6) is 0. The lowest BCUT2D eigenvalue weighted by molar-refractivity contribution is 0.149. The first-order valence-electron chi connectivity index (χ1n) is 28.1. The van der Waals surface area contributed by atoms with Crippen molar-refractivity contribution in [2.24, 2.45) is 0 Å². The number of likely N-dealkylation sites (N-methyl/N-ethyl adjacent to an activating group) is 2. The number of halogens is 6. The molecular formula is C61H63Cl3FI2N17. The standard InChI is InChI=1S/C26H27ClN6.C18H20ClIN6.C17H16ClFIN5/c1-31-14-16-32(17-15-31)18-19-33-26-23(22(30-33)13-12-20-8-4-2-5-9-20)24(27)25(28-29-26)21-10-6-3-7-11-21;1-24-7-9-25(10-8-24)11-12-26-18-14(17(20)23-26)15(19)16(21-22-18)13-5-3-2-4-6-13;18-14-13-16(20)23-25(9-8-24-7-6-12(19)10-24)17(13)22-21-15(14)11-4-2-1-3-5-11/h2-13H,14-19H2,1H3;2-6H,7-12H2,1H3;1-5,12H,6-10H2/b13-12+;;/t;;12-/m..1/s1. The monoisotopic (exact) mass is 1410 g/mol. The van der Waals surface area contributed by atoms with Gasteiger partial charge in [-0.05, 0) is 77.3 Å². The van der Waals surface area contributed by atoms with Gasteiger partial charge in [-0.2, -0.15) is 15.3 Å². The Labute approximate surface area is 530 Å². The molecule has 4 aromatic carbocycles. The van der Waals surface area contributed by atoms with E-state index < -0.39 is 6.17 Å². The summed E-state index contributed by atoms with van der Waals surface area (Å²) in [6.45, 7) is 14.8. The quantitative estimate of drug-likeness (QED) is 0.0951. The Morgan fingerprint density at radius 2 is 0.810 bits per heavy atom. The van der Waals surface area contributed by atoms with Gasteiger partial charge in [0.05, 0.1) is 56.6 Å². The van der Waals surface area contributed by atoms with Gasteiger partial charge in [-0.3, -0.25) is 14.7 Å². The van der Waals surface area contributed by atoms with Crippen molar-refractivity contribution in [3.63, 3.8) is 0 Å². The van der Waals surface area contributed by atoms with Crippen LogP contribution >= 0.6 is 80.0 Å². The highest BCUT2D eigenvalue weighted by Gasteiger charge is 2.25. The van der Waals surface area contributed by atoms with Crippen molar-refractivity contribution in [1.29, 1.82) is 0 Å². The molecule has 0 amide bonds. The first kappa shape index (κ1) is 60.0. The number of benzene rings is 4. The molecule has 9 heterocycles. The molecule has 10 aromatic rings. The number of aromatic nitrogens is 12. The topological polar surface area (TPSA) is 147 Å². The van der Waals surface area contributed by atoms with Crippen molar-refractivity contribution in [1.82, 2.24) is 84.4 Å². The Balaban J connectivity index is 0.000000133. The van der Waals surface area contributed by atoms with Gasteiger partial charge < -0.3 is 9.80 Å². The molecule has 0 radical (unpaired) electrons. The maximum atomic E-state index is 13.3. The second-order valence-corrected chi connectivity index (χ2v) is 24.3. The van der Waals surface area contributed by atoms with E-state index in [1.165, 1.54) is 0 Å². The molecule has 0 saturated carbocycles. The molecule has 434 valence electrons. The van der Waals surface area contributed by atoms with E-state index in [1.807, 2.05) is 129 Å². The van der Waals surface area contributed by atoms with Gasteiger partial charge in [0.1, 0.15) is 30.7 Å². The van der Waals surface area contributed by atoms with Gasteiger partial charge in [-0.15, -0.1) is 30.6 Å². The van der Waals surface area contributed by atoms with Gasteiger partial charge >= 0.3 is 0 Å². The predicted octanol–water partition coefficient (Wildman–Crippen LogP) is 11.4. The van der Waals surface area contributed by atoms with Gasteiger partial charge in [-0.25, -0.2) is 18.4 Å². The molecule has 0 aliphatic carbocycles. The van der Waals surface area contributed by atoms with Crippen LogP contribution in [0.2, 0.25) is 15.1 Å². The van der Waals surface area contributed by atoms with E-state index in [9.17, 15) is 4.39 Å². The average molecular weight is 1410 g/mol. The first-order valence-corrected chi connectivity index (χ1v) is 31.4. The van der Waals surface area contributed by atoms with Gasteiger partial charge in [0.2, 0.25) is 0 Å². The number of fused-ring (bicyclic) bond motifs is 3. The lowest BCUT2D eigenvalue weighted by Crippen LogP contribution is -2.45. The van der Waals surface area contributed by atoms with Crippen LogP contribution in [0.1, 0.15) is 17.7 Å². The van der Waals surface area contributed by atoms with Crippen LogP contribution in [0, 0.1) is 7.40 Å². The van der Waals surface area contributed by atoms with E-state index in [-0.39, 0.29) is 0 Å². The van der Waals surface area contributed by atoms with E-state index in [1.54, 1.807) is 0 Å². The number of hydrogen-bond acceptors (Lipinski definition) is 14. The van der Waals surface area contributed by atoms with Crippen molar-refractivity contribution in [3.05, 3.63) is 155 Å². The molecule has 3 saturated heterocycles. The summed E-state index contributed by atoms with van der Waals surface area (Å²) < 4.78 is 20.7. The highest BCUT2D eigenvalue weighted by atomic mass is 127. The van der Waals surface area contributed by atoms with Crippen LogP contribution in [0.5, 0.6) is 0 Å². The van der Waals surface area contributed by atoms with Crippen LogP contribution in [0.4, 0.5) is 4.39 Å². The summed E-state index contributed by atoms with van der Waals surface area (Å²) in [6.07, 6.45) is 3.98. The molecule has 17 nitrogen and oxygen atoms in total. The van der Waals surface area contributed by atoms with Crippen LogP contribution in [0.15, 0.2) is 121 Å². The SMILES string of the molecule is CN1CCN(CCn2nc(/C=C/c3ccccc3)c3c(Cl)c(-c4ccccc4)nnc32)CC1.CN1CCN(CCn2nc(I)c3c(Cl)c(-c4ccccc4)nnc32)CC1.F[C@@H]1CCN(CCn2nc(I)c3c(Cl)c(-c4ccccc4)nnc32)C1. The fraction of sp³-hybridized carbons (Fsp3) is 0.328. The second kappa shape index (κ2) is 28.2. The Hall–Kier alpha value is -5.67. The van der Waals surface area contributed by atoms with Gasteiger partial charge in [-0.1, -0.05) is 162 Å². The maximum absolute atomic E-state index is 13.3. The van der Waals surface area contributed by atoms with E-state index in [2.05, 4.69) is 143 Å². The third kappa shape index (κ3) is 14.3. The molecule has 0 bridgehead atoms. The summed E-state index contributed by atoms with van der Waals surface area (Å²) in [5.41, 5.74) is 8.95. The maximum Gasteiger partial charge on any atom is 0.183 e. The van der Waals surface area contributed by atoms with Crippen LogP contribution < -0.4 is 0 Å². The smallest absolute Gasteiger partial charge is 0.183 e. The summed E-state index contributed by atoms with van der Waals surface area (Å²) in [4.78, 5) is 11.8. The van der Waals surface area contributed by atoms with Crippen LogP contribution in [0.25, 0.3) is 79.0 Å². The summed E-state index contributed by atoms with van der Waals surface area (Å²) in [5, 5.41) is 45.0. The lowest BCUT2D eigenvalue weighted by Gasteiger charge is -2.32. The van der Waals surface area contributed by atoms with Crippen molar-refractivity contribution in [2.45, 2.75) is 32.2 Å². The van der Waals surface area contributed by atoms with Crippen molar-refractivity contribution >= 4 is 125 Å². The zero-order chi connectivity index (χ0) is 58.1. The molecular weight excluding hydrogens is 1350 g/mol. The Morgan fingerprint density at radius 1 is 0.440 bits per heavy atom. The van der Waals surface area contributed by atoms with Gasteiger partial charge in [0.25, 0.3) is 0 Å². The zero-order valence-electron chi connectivity index (χ0n) is 46.7. The predicted molar refractivity (Wildman–Crippen MR) is 352 cm³/mol. The minimum atomic E-state index is -0.711. The number of hydrogen-bond donors (Lipinski definition) is 0.